The average Bonchev–Trinajstić information content (AvgIpc) is 1.64. The van der Waals surface area contributed by atoms with Crippen LogP contribution in [-0.4, -0.2) is 42.3 Å². The third-order valence-corrected chi connectivity index (χ3v) is 19.3. The monoisotopic (exact) mass is 2410 g/mol. The van der Waals surface area contributed by atoms with Crippen LogP contribution in [0.2, 0.25) is 0 Å². The zero-order valence-corrected chi connectivity index (χ0v) is 72.9. The van der Waals surface area contributed by atoms with Crippen molar-refractivity contribution in [2.24, 2.45) is 0 Å². The third kappa shape index (κ3) is 14.2. The van der Waals surface area contributed by atoms with Crippen molar-refractivity contribution >= 4 is 145 Å². The number of rotatable bonds is 7. The van der Waals surface area contributed by atoms with Crippen molar-refractivity contribution in [3.05, 3.63) is 306 Å². The smallest absolute Gasteiger partial charge is 0.0332 e. The van der Waals surface area contributed by atoms with E-state index in [1.165, 1.54) is 117 Å². The molecule has 19 rings (SSSR count). The Morgan fingerprint density at radius 2 is 0.408 bits per heavy atom. The third-order valence-electron chi connectivity index (χ3n) is 19.3. The number of hydrogen-bond acceptors (Lipinski definition) is 12. The molecule has 0 atom stereocenters. The molecule has 0 saturated carbocycles. The minimum atomic E-state index is 0. The molecule has 0 aliphatic carbocycles. The van der Waals surface area contributed by atoms with Crippen LogP contribution in [0.3, 0.4) is 0 Å². The first-order valence-corrected chi connectivity index (χ1v) is 33.0. The number of anilines is 18. The van der Waals surface area contributed by atoms with Gasteiger partial charge in [0.1, 0.15) is 0 Å². The molecule has 0 aromatic heterocycles. The topological polar surface area (TPSA) is 38.9 Å². The van der Waals surface area contributed by atoms with E-state index in [0.717, 1.165) is 34.1 Å². The summed E-state index contributed by atoms with van der Waals surface area (Å²) < 4.78 is 0. The Kier molecular flexibility index (Phi) is 23.4. The van der Waals surface area contributed by atoms with Gasteiger partial charge < -0.3 is 58.8 Å². The van der Waals surface area contributed by atoms with Crippen molar-refractivity contribution in [2.75, 3.05) is 101 Å². The van der Waals surface area contributed by atoms with Gasteiger partial charge in [-0.1, -0.05) is 135 Å². The summed E-state index contributed by atoms with van der Waals surface area (Å²) in [6.45, 7) is 17.3. The Bertz CT molecular complexity index is 5140. The maximum atomic E-state index is 3.73. The Morgan fingerprint density at radius 1 is 0.214 bits per heavy atom. The molecule has 6 aliphatic rings. The van der Waals surface area contributed by atoms with Crippen LogP contribution < -0.4 is 58.8 Å². The van der Waals surface area contributed by atoms with Crippen LogP contribution in [-0.2, 0) is 119 Å². The van der Waals surface area contributed by atoms with E-state index in [4.69, 9.17) is 0 Å². The first-order chi connectivity index (χ1) is 47.3. The second-order valence-corrected chi connectivity index (χ2v) is 26.0. The van der Waals surface area contributed by atoms with Gasteiger partial charge in [-0.15, -0.1) is 88.7 Å². The van der Waals surface area contributed by atoms with Crippen LogP contribution in [0, 0.1) is 58.2 Å². The zero-order valence-electron chi connectivity index (χ0n) is 57.6. The number of benzene rings is 13. The quantitative estimate of drug-likeness (QED) is 0.143. The molecular weight excluding hydrogens is 2330 g/mol. The molecule has 0 bridgehead atoms. The summed E-state index contributed by atoms with van der Waals surface area (Å²) in [6, 6.07) is 97.4. The second-order valence-electron chi connectivity index (χ2n) is 26.0. The molecule has 13 aromatic rings. The first-order valence-electron chi connectivity index (χ1n) is 33.0. The first kappa shape index (κ1) is 76.4. The molecule has 12 nitrogen and oxygen atoms in total. The SMILES string of the molecule is CC(C)c1cc(N2[CH-]N(C)c3ccccc32)[c-]c(N2[CH-]N(C)c3cc4ccccc4cc32)c1.CN1[CH-]N(c2[c-]c(N3[CH-]N(C)c4cc5ccccc5cc43)ccc2)c2cc3ccccc3cc21.CN1[CH-]N(c2[c-]c(N3[CH-]N(C)c4cc5ccccc5cc43)ccc2)c2ccccc21.[Os].[Os].[Os].[Os].[Os].[Os]. The van der Waals surface area contributed by atoms with Crippen molar-refractivity contribution in [2.45, 2.75) is 19.8 Å². The molecule has 6 heterocycles. The summed E-state index contributed by atoms with van der Waals surface area (Å²) in [4.78, 5) is 26.4. The zero-order chi connectivity index (χ0) is 65.7. The standard InChI is InChI=1S/C30H23N4.C29H27N4.C26H21N4.6Os/c1-31-19-33(29-16-23-10-5-3-8-21(23)14-27(29)31)25-12-7-13-26(18-25)34-20-32(2)28-15-22-9-4-6-11-24(22)17-30(28)34;1-20(2)23-13-24(32-18-30(3)26-11-7-8-12-27(26)32)17-25(14-23)33-19-31(4)28-15-21-9-5-6-10-22(21)16-29(28)33;1-27-17-29(24-13-6-5-12-23(24)27)21-10-7-11-22(16-21)30-18-28(2)25-14-19-8-3-4-9-20(19)15-26(25)30;;;;;;/h3-17,19-20H,1-2H3;5-16,18-20H,1-4H3;3-15,17-18H,1-2H3;;;;;;/q3*-3;;;;;;. The van der Waals surface area contributed by atoms with E-state index >= 15 is 0 Å². The van der Waals surface area contributed by atoms with E-state index in [1.54, 1.807) is 0 Å². The van der Waals surface area contributed by atoms with Crippen LogP contribution in [0.25, 0.3) is 43.1 Å². The normalized spacial score (nSPS) is 14.1. The van der Waals surface area contributed by atoms with Crippen LogP contribution >= 0.6 is 0 Å². The number of hydrogen-bond donors (Lipinski definition) is 0. The predicted molar refractivity (Wildman–Crippen MR) is 408 cm³/mol. The Balaban J connectivity index is 0.000000151. The molecule has 0 saturated heterocycles. The molecule has 0 spiro atoms. The molecule has 6 aliphatic heterocycles. The molecule has 18 heteroatoms. The van der Waals surface area contributed by atoms with Gasteiger partial charge in [-0.05, 0) is 164 Å². The molecule has 0 N–H and O–H groups in total. The van der Waals surface area contributed by atoms with Gasteiger partial charge in [-0.2, -0.15) is 57.7 Å². The molecule has 0 fully saturated rings. The van der Waals surface area contributed by atoms with E-state index in [1.807, 2.05) is 0 Å². The van der Waals surface area contributed by atoms with E-state index in [2.05, 4.69) is 416 Å². The number of para-hydroxylation sites is 4. The van der Waals surface area contributed by atoms with Gasteiger partial charge in [-0.25, -0.2) is 0 Å². The van der Waals surface area contributed by atoms with Crippen LogP contribution in [0.15, 0.2) is 243 Å². The van der Waals surface area contributed by atoms with E-state index in [9.17, 15) is 0 Å². The van der Waals surface area contributed by atoms with Gasteiger partial charge in [0, 0.05) is 187 Å². The van der Waals surface area contributed by atoms with Gasteiger partial charge in [0.05, 0.1) is 0 Å². The molecule has 0 radical (unpaired) electrons. The summed E-state index contributed by atoms with van der Waals surface area (Å²) in [5.41, 5.74) is 21.7. The maximum absolute atomic E-state index is 3.73. The summed E-state index contributed by atoms with van der Waals surface area (Å²) >= 11 is 0. The Labute approximate surface area is 684 Å². The molecular formula is C85H71N12Os6-9. The molecule has 528 valence electrons. The summed E-state index contributed by atoms with van der Waals surface area (Å²) in [5, 5.41) is 9.97. The minimum Gasteiger partial charge on any atom is -0.504 e. The minimum absolute atomic E-state index is 0. The van der Waals surface area contributed by atoms with Crippen molar-refractivity contribution in [1.29, 1.82) is 0 Å². The maximum Gasteiger partial charge on any atom is 0.0332 e. The summed E-state index contributed by atoms with van der Waals surface area (Å²) in [6.07, 6.45) is 0. The van der Waals surface area contributed by atoms with Crippen molar-refractivity contribution < 1.29 is 119 Å². The summed E-state index contributed by atoms with van der Waals surface area (Å²) in [5.74, 6) is 0.407. The second kappa shape index (κ2) is 31.6. The fourth-order valence-corrected chi connectivity index (χ4v) is 14.2. The Hall–Kier alpha value is -7.68. The van der Waals surface area contributed by atoms with Crippen LogP contribution in [0.1, 0.15) is 25.3 Å². The number of fused-ring (bicyclic) bond motifs is 10. The summed E-state index contributed by atoms with van der Waals surface area (Å²) in [7, 11) is 12.6. The van der Waals surface area contributed by atoms with E-state index < -0.39 is 0 Å². The van der Waals surface area contributed by atoms with Gasteiger partial charge >= 0.3 is 0 Å². The van der Waals surface area contributed by atoms with Crippen LogP contribution in [0.4, 0.5) is 102 Å². The average molecular weight is 2400 g/mol. The van der Waals surface area contributed by atoms with Gasteiger partial charge in [0.15, 0.2) is 0 Å². The van der Waals surface area contributed by atoms with Gasteiger partial charge in [0.2, 0.25) is 0 Å². The largest absolute Gasteiger partial charge is 0.504 e. The van der Waals surface area contributed by atoms with Crippen molar-refractivity contribution in [3.8, 4) is 0 Å². The molecule has 103 heavy (non-hydrogen) atoms. The fraction of sp³-hybridized carbons (Fsp3) is 0.106. The van der Waals surface area contributed by atoms with Gasteiger partial charge in [-0.3, -0.25) is 0 Å². The van der Waals surface area contributed by atoms with Crippen molar-refractivity contribution in [3.63, 3.8) is 0 Å². The molecule has 0 amide bonds. The molecule has 0 unspecified atom stereocenters. The van der Waals surface area contributed by atoms with Crippen molar-refractivity contribution in [1.82, 2.24) is 0 Å². The van der Waals surface area contributed by atoms with E-state index in [0.29, 0.717) is 5.92 Å². The van der Waals surface area contributed by atoms with Crippen LogP contribution in [0.5, 0.6) is 0 Å². The number of nitrogens with zero attached hydrogens (tertiary/aromatic N) is 12. The van der Waals surface area contributed by atoms with E-state index in [-0.39, 0.29) is 119 Å². The fourth-order valence-electron chi connectivity index (χ4n) is 14.2. The molecule has 13 aromatic carbocycles. The van der Waals surface area contributed by atoms with Gasteiger partial charge in [0.25, 0.3) is 0 Å². The Morgan fingerprint density at radius 3 is 0.670 bits per heavy atom. The predicted octanol–water partition coefficient (Wildman–Crippen LogP) is 20.4.